The molecule has 1 atom stereocenters. The Bertz CT molecular complexity index is 1270. The van der Waals surface area contributed by atoms with Gasteiger partial charge in [0.2, 0.25) is 15.8 Å². The monoisotopic (exact) mass is 458 g/mol. The molecule has 1 aromatic carbocycles. The lowest BCUT2D eigenvalue weighted by Gasteiger charge is -2.30. The van der Waals surface area contributed by atoms with Crippen molar-refractivity contribution in [3.05, 3.63) is 48.0 Å². The van der Waals surface area contributed by atoms with Crippen molar-refractivity contribution in [2.24, 2.45) is 5.92 Å². The molecule has 1 saturated heterocycles. The molecule has 1 amide bonds. The van der Waals surface area contributed by atoms with Crippen LogP contribution in [0, 0.1) is 12.8 Å². The van der Waals surface area contributed by atoms with Gasteiger partial charge in [-0.15, -0.1) is 5.10 Å². The van der Waals surface area contributed by atoms with Crippen LogP contribution in [-0.4, -0.2) is 64.4 Å². The summed E-state index contributed by atoms with van der Waals surface area (Å²) in [6.45, 7) is 2.24. The predicted octanol–water partition coefficient (Wildman–Crippen LogP) is 1.26. The van der Waals surface area contributed by atoms with Crippen molar-refractivity contribution in [3.63, 3.8) is 0 Å². The maximum atomic E-state index is 13.0. The van der Waals surface area contributed by atoms with Gasteiger partial charge in [0.15, 0.2) is 0 Å². The van der Waals surface area contributed by atoms with Crippen LogP contribution < -0.4 is 5.32 Å². The van der Waals surface area contributed by atoms with E-state index in [1.165, 1.54) is 40.2 Å². The van der Waals surface area contributed by atoms with Gasteiger partial charge in [-0.3, -0.25) is 9.59 Å². The SMILES string of the molecule is COC(=O)C1CCCN(S(=O)(=O)c2ccc(NC(=O)c3nc4nccc(C)n4n3)cc2)C1. The second-order valence-corrected chi connectivity index (χ2v) is 9.38. The number of aryl methyl sites for hydroxylation is 1. The average molecular weight is 459 g/mol. The Morgan fingerprint density at radius 1 is 1.19 bits per heavy atom. The van der Waals surface area contributed by atoms with E-state index in [1.807, 2.05) is 6.92 Å². The summed E-state index contributed by atoms with van der Waals surface area (Å²) < 4.78 is 33.5. The third-order valence-electron chi connectivity index (χ3n) is 5.30. The molecule has 0 aliphatic carbocycles. The van der Waals surface area contributed by atoms with E-state index < -0.39 is 27.8 Å². The molecule has 1 aliphatic heterocycles. The smallest absolute Gasteiger partial charge is 0.309 e. The number of nitrogens with one attached hydrogen (secondary N) is 1. The van der Waals surface area contributed by atoms with Crippen LogP contribution in [0.2, 0.25) is 0 Å². The zero-order chi connectivity index (χ0) is 22.9. The molecule has 12 heteroatoms. The molecule has 11 nitrogen and oxygen atoms in total. The van der Waals surface area contributed by atoms with Gasteiger partial charge in [0.25, 0.3) is 11.7 Å². The zero-order valence-corrected chi connectivity index (χ0v) is 18.4. The number of methoxy groups -OCH3 is 1. The number of amides is 1. The Hall–Kier alpha value is -3.38. The van der Waals surface area contributed by atoms with Crippen LogP contribution in [0.4, 0.5) is 5.69 Å². The minimum Gasteiger partial charge on any atom is -0.469 e. The number of anilines is 1. The number of hydrogen-bond donors (Lipinski definition) is 1. The minimum absolute atomic E-state index is 0.0503. The van der Waals surface area contributed by atoms with E-state index >= 15 is 0 Å². The fourth-order valence-corrected chi connectivity index (χ4v) is 5.09. The van der Waals surface area contributed by atoms with Crippen molar-refractivity contribution in [1.29, 1.82) is 0 Å². The number of sulfonamides is 1. The number of hydrogen-bond acceptors (Lipinski definition) is 8. The van der Waals surface area contributed by atoms with Crippen molar-refractivity contribution in [3.8, 4) is 0 Å². The van der Waals surface area contributed by atoms with Crippen molar-refractivity contribution in [2.75, 3.05) is 25.5 Å². The molecule has 1 unspecified atom stereocenters. The molecule has 0 saturated carbocycles. The van der Waals surface area contributed by atoms with Gasteiger partial charge in [-0.2, -0.15) is 9.29 Å². The largest absolute Gasteiger partial charge is 0.469 e. The van der Waals surface area contributed by atoms with Crippen LogP contribution in [0.25, 0.3) is 5.78 Å². The molecule has 0 radical (unpaired) electrons. The first-order chi connectivity index (χ1) is 15.3. The highest BCUT2D eigenvalue weighted by atomic mass is 32.2. The quantitative estimate of drug-likeness (QED) is 0.565. The van der Waals surface area contributed by atoms with E-state index in [1.54, 1.807) is 12.3 Å². The first-order valence-corrected chi connectivity index (χ1v) is 11.4. The topological polar surface area (TPSA) is 136 Å². The number of esters is 1. The van der Waals surface area contributed by atoms with Gasteiger partial charge in [0.1, 0.15) is 0 Å². The second kappa shape index (κ2) is 8.63. The van der Waals surface area contributed by atoms with Gasteiger partial charge >= 0.3 is 5.97 Å². The Morgan fingerprint density at radius 3 is 2.62 bits per heavy atom. The van der Waals surface area contributed by atoms with Crippen molar-refractivity contribution in [1.82, 2.24) is 23.9 Å². The van der Waals surface area contributed by atoms with Gasteiger partial charge in [-0.25, -0.2) is 17.9 Å². The number of carbonyl (C=O) groups excluding carboxylic acids is 2. The molecular formula is C20H22N6O5S. The van der Waals surface area contributed by atoms with E-state index in [0.717, 1.165) is 5.69 Å². The number of carbonyl (C=O) groups is 2. The maximum absolute atomic E-state index is 13.0. The van der Waals surface area contributed by atoms with Crippen LogP contribution in [0.15, 0.2) is 41.4 Å². The van der Waals surface area contributed by atoms with E-state index in [2.05, 4.69) is 20.4 Å². The molecular weight excluding hydrogens is 436 g/mol. The number of benzene rings is 1. The van der Waals surface area contributed by atoms with Crippen LogP contribution in [0.3, 0.4) is 0 Å². The number of ether oxygens (including phenoxy) is 1. The molecule has 0 bridgehead atoms. The van der Waals surface area contributed by atoms with E-state index in [4.69, 9.17) is 4.74 Å². The molecule has 1 fully saturated rings. The lowest BCUT2D eigenvalue weighted by molar-refractivity contribution is -0.146. The van der Waals surface area contributed by atoms with Crippen LogP contribution in [0.5, 0.6) is 0 Å². The number of aromatic nitrogens is 4. The third kappa shape index (κ3) is 4.18. The Morgan fingerprint density at radius 2 is 1.94 bits per heavy atom. The summed E-state index contributed by atoms with van der Waals surface area (Å²) in [6.07, 6.45) is 2.75. The molecule has 1 N–H and O–H groups in total. The van der Waals surface area contributed by atoms with Crippen molar-refractivity contribution in [2.45, 2.75) is 24.7 Å². The Labute approximate surface area is 184 Å². The lowest BCUT2D eigenvalue weighted by Crippen LogP contribution is -2.42. The predicted molar refractivity (Wildman–Crippen MR) is 113 cm³/mol. The summed E-state index contributed by atoms with van der Waals surface area (Å²) in [6, 6.07) is 7.56. The minimum atomic E-state index is -3.78. The second-order valence-electron chi connectivity index (χ2n) is 7.44. The fourth-order valence-electron chi connectivity index (χ4n) is 3.57. The van der Waals surface area contributed by atoms with E-state index in [-0.39, 0.29) is 17.3 Å². The summed E-state index contributed by atoms with van der Waals surface area (Å²) in [5, 5.41) is 6.80. The Balaban J connectivity index is 1.48. The van der Waals surface area contributed by atoms with E-state index in [0.29, 0.717) is 30.9 Å². The summed E-state index contributed by atoms with van der Waals surface area (Å²) in [5.74, 6) is -1.16. The molecule has 32 heavy (non-hydrogen) atoms. The standard InChI is InChI=1S/C20H22N6O5S/c1-13-9-10-21-20-23-17(24-26(13)20)18(27)22-15-5-7-16(8-6-15)32(29,30)25-11-3-4-14(12-25)19(28)31-2/h5-10,14H,3-4,11-12H2,1-2H3,(H,22,27). The van der Waals surface area contributed by atoms with Gasteiger partial charge in [-0.05, 0) is 50.1 Å². The average Bonchev–Trinajstić information content (AvgIpc) is 3.25. The molecule has 3 aromatic rings. The summed E-state index contributed by atoms with van der Waals surface area (Å²) in [4.78, 5) is 32.6. The Kier molecular flexibility index (Phi) is 5.89. The first kappa shape index (κ1) is 21.8. The number of rotatable bonds is 5. The van der Waals surface area contributed by atoms with Crippen LogP contribution in [0.1, 0.15) is 29.2 Å². The maximum Gasteiger partial charge on any atom is 0.309 e. The van der Waals surface area contributed by atoms with Gasteiger partial charge in [0.05, 0.1) is 17.9 Å². The number of nitrogens with zero attached hydrogens (tertiary/aromatic N) is 5. The first-order valence-electron chi connectivity index (χ1n) is 9.97. The highest BCUT2D eigenvalue weighted by Gasteiger charge is 2.33. The molecule has 2 aromatic heterocycles. The van der Waals surface area contributed by atoms with E-state index in [9.17, 15) is 18.0 Å². The molecule has 4 rings (SSSR count). The lowest BCUT2D eigenvalue weighted by atomic mass is 10.0. The molecule has 0 spiro atoms. The van der Waals surface area contributed by atoms with Gasteiger partial charge < -0.3 is 10.1 Å². The number of piperidine rings is 1. The highest BCUT2D eigenvalue weighted by Crippen LogP contribution is 2.25. The van der Waals surface area contributed by atoms with Gasteiger partial charge in [0, 0.05) is 30.7 Å². The van der Waals surface area contributed by atoms with Crippen LogP contribution >= 0.6 is 0 Å². The fraction of sp³-hybridized carbons (Fsp3) is 0.350. The van der Waals surface area contributed by atoms with Crippen molar-refractivity contribution < 1.29 is 22.7 Å². The third-order valence-corrected chi connectivity index (χ3v) is 7.18. The highest BCUT2D eigenvalue weighted by molar-refractivity contribution is 7.89. The molecule has 1 aliphatic rings. The zero-order valence-electron chi connectivity index (χ0n) is 17.6. The van der Waals surface area contributed by atoms with Crippen LogP contribution in [-0.2, 0) is 19.6 Å². The molecule has 3 heterocycles. The number of fused-ring (bicyclic) bond motifs is 1. The summed E-state index contributed by atoms with van der Waals surface area (Å²) in [7, 11) is -2.49. The normalized spacial score (nSPS) is 17.2. The summed E-state index contributed by atoms with van der Waals surface area (Å²) in [5.41, 5.74) is 1.17. The summed E-state index contributed by atoms with van der Waals surface area (Å²) >= 11 is 0. The van der Waals surface area contributed by atoms with Crippen molar-refractivity contribution >= 4 is 33.4 Å². The van der Waals surface area contributed by atoms with Gasteiger partial charge in [-0.1, -0.05) is 0 Å². The molecule has 168 valence electrons.